The van der Waals surface area contributed by atoms with Crippen LogP contribution in [0.3, 0.4) is 0 Å². The van der Waals surface area contributed by atoms with Crippen molar-refractivity contribution in [3.8, 4) is 0 Å². The molecule has 11 nitrogen and oxygen atoms in total. The van der Waals surface area contributed by atoms with Gasteiger partial charge in [-0.25, -0.2) is 5.48 Å². The molecule has 2 heterocycles. The number of likely N-dealkylation sites (tertiary alicyclic amines) is 1. The highest BCUT2D eigenvalue weighted by Crippen LogP contribution is 2.54. The summed E-state index contributed by atoms with van der Waals surface area (Å²) in [5.74, 6) is -7.71. The maximum Gasteiger partial charge on any atom is 0.415 e. The molecule has 2 aliphatic heterocycles. The van der Waals surface area contributed by atoms with Crippen LogP contribution in [0.15, 0.2) is 65.3 Å². The van der Waals surface area contributed by atoms with Gasteiger partial charge in [0.05, 0.1) is 24.6 Å². The summed E-state index contributed by atoms with van der Waals surface area (Å²) < 4.78 is 80.1. The van der Waals surface area contributed by atoms with Gasteiger partial charge in [-0.3, -0.25) is 24.6 Å². The van der Waals surface area contributed by atoms with Crippen molar-refractivity contribution in [3.63, 3.8) is 0 Å². The third-order valence-electron chi connectivity index (χ3n) is 10.1. The molecule has 0 aromatic heterocycles. The van der Waals surface area contributed by atoms with E-state index in [0.717, 1.165) is 24.8 Å². The molecular formula is C35H36F5N5O6. The number of hydrogen-bond donors (Lipinski definition) is 4. The number of benzene rings is 1. The maximum atomic E-state index is 15.0. The minimum Gasteiger partial charge on any atom is -0.373 e. The molecule has 0 saturated carbocycles. The Morgan fingerprint density at radius 1 is 1.12 bits per heavy atom. The SMILES string of the molecule is CC(=O)ONC(=N)C1=CCC([C@@](C)(NC(=O)[C@@H]2CC3(CCCO3)CN2C(=O)CNC(=O)C2C=C3C(=CC2)C(F)(F)c2ccccc23)C(F)(F)F)=C1. The zero-order valence-electron chi connectivity index (χ0n) is 27.7. The molecule has 6 rings (SSSR count). The number of nitrogens with one attached hydrogen (secondary N) is 4. The first kappa shape index (κ1) is 35.9. The Morgan fingerprint density at radius 3 is 2.55 bits per heavy atom. The molecule has 4 N–H and O–H groups in total. The highest BCUT2D eigenvalue weighted by Gasteiger charge is 2.58. The number of amides is 3. The van der Waals surface area contributed by atoms with Crippen LogP contribution in [-0.2, 0) is 34.7 Å². The summed E-state index contributed by atoms with van der Waals surface area (Å²) in [6.45, 7) is 1.54. The summed E-state index contributed by atoms with van der Waals surface area (Å²) in [4.78, 5) is 57.3. The average molecular weight is 718 g/mol. The van der Waals surface area contributed by atoms with Crippen molar-refractivity contribution >= 4 is 35.1 Å². The predicted molar refractivity (Wildman–Crippen MR) is 172 cm³/mol. The smallest absolute Gasteiger partial charge is 0.373 e. The van der Waals surface area contributed by atoms with Crippen LogP contribution in [0.2, 0.25) is 0 Å². The Kier molecular flexibility index (Phi) is 9.19. The lowest BCUT2D eigenvalue weighted by Crippen LogP contribution is -2.61. The minimum atomic E-state index is -5.00. The molecule has 2 saturated heterocycles. The topological polar surface area (TPSA) is 150 Å². The fraction of sp³-hybridized carbons (Fsp3) is 0.457. The molecule has 3 amide bonds. The molecule has 1 aromatic carbocycles. The summed E-state index contributed by atoms with van der Waals surface area (Å²) in [6.07, 6.45) is 0.869. The Morgan fingerprint density at radius 2 is 1.86 bits per heavy atom. The first-order valence-electron chi connectivity index (χ1n) is 16.4. The van der Waals surface area contributed by atoms with Crippen molar-refractivity contribution in [3.05, 3.63) is 76.4 Å². The summed E-state index contributed by atoms with van der Waals surface area (Å²) >= 11 is 0. The number of halogens is 5. The predicted octanol–water partition coefficient (Wildman–Crippen LogP) is 4.13. The summed E-state index contributed by atoms with van der Waals surface area (Å²) in [5.41, 5.74) is -1.86. The van der Waals surface area contributed by atoms with Crippen LogP contribution in [0.4, 0.5) is 22.0 Å². The number of ether oxygens (including phenoxy) is 1. The van der Waals surface area contributed by atoms with Crippen LogP contribution in [-0.4, -0.2) is 77.5 Å². The lowest BCUT2D eigenvalue weighted by molar-refractivity contribution is -0.184. The van der Waals surface area contributed by atoms with Crippen molar-refractivity contribution < 1.29 is 50.7 Å². The van der Waals surface area contributed by atoms with E-state index in [2.05, 4.69) is 21.0 Å². The van der Waals surface area contributed by atoms with Crippen LogP contribution in [0.25, 0.3) is 5.57 Å². The third kappa shape index (κ3) is 6.56. The lowest BCUT2D eigenvalue weighted by Gasteiger charge is -2.36. The molecule has 1 spiro atoms. The van der Waals surface area contributed by atoms with Gasteiger partial charge in [0.15, 0.2) is 11.4 Å². The number of allylic oxidation sites excluding steroid dienone is 4. The Labute approximate surface area is 289 Å². The molecule has 51 heavy (non-hydrogen) atoms. The third-order valence-corrected chi connectivity index (χ3v) is 10.1. The van der Waals surface area contributed by atoms with Gasteiger partial charge in [0, 0.05) is 36.7 Å². The van der Waals surface area contributed by atoms with Crippen molar-refractivity contribution in [2.24, 2.45) is 5.92 Å². The second-order valence-corrected chi connectivity index (χ2v) is 13.5. The van der Waals surface area contributed by atoms with Crippen LogP contribution < -0.4 is 16.1 Å². The highest BCUT2D eigenvalue weighted by molar-refractivity contribution is 5.99. The number of hydroxylamine groups is 1. The molecule has 5 aliphatic rings. The number of rotatable bonds is 7. The quantitative estimate of drug-likeness (QED) is 0.144. The maximum absolute atomic E-state index is 15.0. The van der Waals surface area contributed by atoms with Crippen molar-refractivity contribution in [1.82, 2.24) is 21.0 Å². The second-order valence-electron chi connectivity index (χ2n) is 13.5. The normalized spacial score (nSPS) is 25.8. The van der Waals surface area contributed by atoms with E-state index in [1.54, 1.807) is 12.1 Å². The largest absolute Gasteiger partial charge is 0.415 e. The van der Waals surface area contributed by atoms with Gasteiger partial charge in [-0.15, -0.1) is 0 Å². The van der Waals surface area contributed by atoms with Crippen LogP contribution in [0.1, 0.15) is 57.1 Å². The number of fused-ring (bicyclic) bond motifs is 3. The van der Waals surface area contributed by atoms with E-state index in [0.29, 0.717) is 25.0 Å². The Balaban J connectivity index is 1.16. The van der Waals surface area contributed by atoms with E-state index in [4.69, 9.17) is 10.1 Å². The molecule has 1 aromatic rings. The standard InChI is InChI=1S/C35H36F5N5O6/c1-19(46)51-44-29(41)20-8-10-22(14-20)32(2,35(38,39)40)43-31(49)27-16-33(12-5-13-50-33)18-45(27)28(47)17-42-30(48)21-9-11-26-24(15-21)23-6-3-4-7-25(23)34(26,36)37/h3-4,6-8,11,14-15,21,27H,5,9-10,12-13,16-18H2,1-2H3,(H2,41,44)(H,42,48)(H,43,49)/t21?,27-,32+,33?/m0/s1. The molecule has 272 valence electrons. The molecule has 16 heteroatoms. The van der Waals surface area contributed by atoms with E-state index in [-0.39, 0.29) is 53.7 Å². The fourth-order valence-electron chi connectivity index (χ4n) is 7.34. The van der Waals surface area contributed by atoms with Gasteiger partial charge >= 0.3 is 12.1 Å². The van der Waals surface area contributed by atoms with E-state index in [9.17, 15) is 32.3 Å². The Hall–Kier alpha value is -4.86. The monoisotopic (exact) mass is 717 g/mol. The number of carbonyl (C=O) groups excluding carboxylic acids is 4. The molecule has 4 atom stereocenters. The lowest BCUT2D eigenvalue weighted by atomic mass is 9.88. The number of carbonyl (C=O) groups is 4. The van der Waals surface area contributed by atoms with Gasteiger partial charge in [-0.05, 0) is 55.4 Å². The van der Waals surface area contributed by atoms with Gasteiger partial charge < -0.3 is 25.1 Å². The molecule has 2 unspecified atom stereocenters. The zero-order chi connectivity index (χ0) is 36.9. The second kappa shape index (κ2) is 13.0. The van der Waals surface area contributed by atoms with Crippen LogP contribution in [0, 0.1) is 11.3 Å². The zero-order valence-corrected chi connectivity index (χ0v) is 27.7. The number of alkyl halides is 5. The fourth-order valence-corrected chi connectivity index (χ4v) is 7.34. The molecular weight excluding hydrogens is 681 g/mol. The number of nitrogens with zero attached hydrogens (tertiary/aromatic N) is 1. The van der Waals surface area contributed by atoms with E-state index in [1.165, 1.54) is 30.4 Å². The molecule has 3 aliphatic carbocycles. The molecule has 0 bridgehead atoms. The molecule has 0 radical (unpaired) electrons. The van der Waals surface area contributed by atoms with Gasteiger partial charge in [-0.2, -0.15) is 22.0 Å². The highest BCUT2D eigenvalue weighted by atomic mass is 19.4. The summed E-state index contributed by atoms with van der Waals surface area (Å²) in [6, 6.07) is 4.65. The van der Waals surface area contributed by atoms with Crippen molar-refractivity contribution in [1.29, 1.82) is 5.41 Å². The van der Waals surface area contributed by atoms with Crippen molar-refractivity contribution in [2.75, 3.05) is 19.7 Å². The first-order valence-corrected chi connectivity index (χ1v) is 16.4. The van der Waals surface area contributed by atoms with Gasteiger partial charge in [0.1, 0.15) is 6.04 Å². The summed E-state index contributed by atoms with van der Waals surface area (Å²) in [5, 5.41) is 12.6. The van der Waals surface area contributed by atoms with Gasteiger partial charge in [-0.1, -0.05) is 42.5 Å². The van der Waals surface area contributed by atoms with E-state index < -0.39 is 71.3 Å². The minimum absolute atomic E-state index is 0.00821. The van der Waals surface area contributed by atoms with Gasteiger partial charge in [0.2, 0.25) is 17.7 Å². The number of hydrogen-bond acceptors (Lipinski definition) is 7. The first-order chi connectivity index (χ1) is 24.0. The number of amidine groups is 1. The Bertz CT molecular complexity index is 1810. The van der Waals surface area contributed by atoms with Crippen LogP contribution in [0.5, 0.6) is 0 Å². The summed E-state index contributed by atoms with van der Waals surface area (Å²) in [7, 11) is 0. The van der Waals surface area contributed by atoms with Crippen LogP contribution >= 0.6 is 0 Å². The van der Waals surface area contributed by atoms with Crippen molar-refractivity contribution in [2.45, 2.75) is 75.2 Å². The van der Waals surface area contributed by atoms with Gasteiger partial charge in [0.25, 0.3) is 5.92 Å². The molecule has 2 fully saturated rings. The van der Waals surface area contributed by atoms with E-state index in [1.807, 2.05) is 0 Å². The average Bonchev–Trinajstić information content (AvgIpc) is 3.88. The van der Waals surface area contributed by atoms with E-state index >= 15 is 8.78 Å².